The number of nitrogens with one attached hydrogen (secondary N) is 1. The minimum atomic E-state index is -0.637. The minimum absolute atomic E-state index is 0.144. The van der Waals surface area contributed by atoms with Crippen LogP contribution in [0.25, 0.3) is 11.3 Å². The summed E-state index contributed by atoms with van der Waals surface area (Å²) in [5, 5.41) is 20.7. The van der Waals surface area contributed by atoms with E-state index in [9.17, 15) is 9.18 Å². The van der Waals surface area contributed by atoms with Crippen LogP contribution in [-0.2, 0) is 5.41 Å². The normalized spacial score (nSPS) is 14.4. The second kappa shape index (κ2) is 7.87. The second-order valence-corrected chi connectivity index (χ2v) is 7.39. The third-order valence-electron chi connectivity index (χ3n) is 5.54. The number of benzene rings is 1. The van der Waals surface area contributed by atoms with Gasteiger partial charge in [-0.15, -0.1) is 10.2 Å². The van der Waals surface area contributed by atoms with Crippen molar-refractivity contribution >= 4 is 11.7 Å². The van der Waals surface area contributed by atoms with Crippen molar-refractivity contribution in [3.8, 4) is 17.3 Å². The summed E-state index contributed by atoms with van der Waals surface area (Å²) in [4.78, 5) is 15.8. The molecule has 4 rings (SSSR count). The number of hydrogen-bond acceptors (Lipinski definition) is 6. The van der Waals surface area contributed by atoms with Crippen LogP contribution in [0.1, 0.15) is 40.9 Å². The zero-order valence-corrected chi connectivity index (χ0v) is 16.1. The van der Waals surface area contributed by atoms with E-state index in [-0.39, 0.29) is 16.5 Å². The van der Waals surface area contributed by atoms with Crippen molar-refractivity contribution in [1.29, 1.82) is 5.26 Å². The van der Waals surface area contributed by atoms with E-state index in [4.69, 9.17) is 11.0 Å². The van der Waals surface area contributed by atoms with Gasteiger partial charge in [-0.25, -0.2) is 4.39 Å². The topological polar surface area (TPSA) is 118 Å². The number of pyridine rings is 1. The Kier molecular flexibility index (Phi) is 5.11. The highest BCUT2D eigenvalue weighted by Crippen LogP contribution is 2.43. The first-order valence-corrected chi connectivity index (χ1v) is 9.55. The maximum absolute atomic E-state index is 14.2. The highest BCUT2D eigenvalue weighted by atomic mass is 19.1. The molecule has 7 nitrogen and oxygen atoms in total. The first-order chi connectivity index (χ1) is 14.5. The lowest BCUT2D eigenvalue weighted by Gasteiger charge is -2.41. The van der Waals surface area contributed by atoms with Crippen molar-refractivity contribution in [3.05, 3.63) is 71.3 Å². The molecular formula is C22H19FN6O. The summed E-state index contributed by atoms with van der Waals surface area (Å²) in [7, 11) is 0. The molecule has 0 unspecified atom stereocenters. The first kappa shape index (κ1) is 19.5. The van der Waals surface area contributed by atoms with E-state index >= 15 is 0 Å². The predicted octanol–water partition coefficient (Wildman–Crippen LogP) is 3.18. The number of primary amides is 1. The molecule has 1 fully saturated rings. The second-order valence-electron chi connectivity index (χ2n) is 7.39. The first-order valence-electron chi connectivity index (χ1n) is 9.55. The number of carbonyl (C=O) groups is 1. The largest absolute Gasteiger partial charge is 0.368 e. The molecule has 1 aliphatic carbocycles. The third-order valence-corrected chi connectivity index (χ3v) is 5.54. The standard InChI is InChI=1S/C22H19FN6O/c23-17-3-2-15(21(25)30)11-16(17)18-4-5-20(29-28-18)27-13-22(7-1-8-22)19-10-14(12-24)6-9-26-19/h2-6,9-11H,1,7-8,13H2,(H2,25,30)(H,27,29). The zero-order chi connectivity index (χ0) is 21.1. The molecule has 0 bridgehead atoms. The Hall–Kier alpha value is -3.86. The van der Waals surface area contributed by atoms with Crippen molar-refractivity contribution < 1.29 is 9.18 Å². The van der Waals surface area contributed by atoms with Crippen LogP contribution >= 0.6 is 0 Å². The van der Waals surface area contributed by atoms with Gasteiger partial charge in [-0.2, -0.15) is 5.26 Å². The van der Waals surface area contributed by atoms with Gasteiger partial charge in [0.05, 0.1) is 17.3 Å². The van der Waals surface area contributed by atoms with Crippen molar-refractivity contribution in [3.63, 3.8) is 0 Å². The fraction of sp³-hybridized carbons (Fsp3) is 0.227. The van der Waals surface area contributed by atoms with Crippen LogP contribution in [0.4, 0.5) is 10.2 Å². The molecule has 1 aromatic carbocycles. The quantitative estimate of drug-likeness (QED) is 0.654. The Balaban J connectivity index is 1.51. The Morgan fingerprint density at radius 3 is 2.67 bits per heavy atom. The maximum atomic E-state index is 14.2. The van der Waals surface area contributed by atoms with Gasteiger partial charge in [0.15, 0.2) is 0 Å². The Morgan fingerprint density at radius 1 is 1.20 bits per heavy atom. The number of rotatable bonds is 6. The number of hydrogen-bond donors (Lipinski definition) is 2. The molecule has 150 valence electrons. The molecule has 0 spiro atoms. The number of carbonyl (C=O) groups excluding carboxylic acids is 1. The van der Waals surface area contributed by atoms with Gasteiger partial charge in [-0.3, -0.25) is 9.78 Å². The predicted molar refractivity (Wildman–Crippen MR) is 109 cm³/mol. The van der Waals surface area contributed by atoms with E-state index in [0.717, 1.165) is 25.0 Å². The van der Waals surface area contributed by atoms with Gasteiger partial charge in [0.2, 0.25) is 5.91 Å². The number of nitrogens with zero attached hydrogens (tertiary/aromatic N) is 4. The molecule has 3 aromatic rings. The molecule has 1 amide bonds. The van der Waals surface area contributed by atoms with Gasteiger partial charge in [0.1, 0.15) is 11.6 Å². The highest BCUT2D eigenvalue weighted by molar-refractivity contribution is 5.94. The lowest BCUT2D eigenvalue weighted by atomic mass is 9.66. The summed E-state index contributed by atoms with van der Waals surface area (Å²) in [6.45, 7) is 0.606. The van der Waals surface area contributed by atoms with Crippen LogP contribution in [0.3, 0.4) is 0 Å². The van der Waals surface area contributed by atoms with Crippen molar-refractivity contribution in [2.45, 2.75) is 24.7 Å². The van der Waals surface area contributed by atoms with Crippen LogP contribution < -0.4 is 11.1 Å². The molecule has 3 N–H and O–H groups in total. The number of halogens is 1. The molecule has 2 heterocycles. The van der Waals surface area contributed by atoms with Gasteiger partial charge in [0, 0.05) is 35.0 Å². The van der Waals surface area contributed by atoms with Crippen molar-refractivity contribution in [2.75, 3.05) is 11.9 Å². The monoisotopic (exact) mass is 402 g/mol. The van der Waals surface area contributed by atoms with E-state index in [1.54, 1.807) is 24.4 Å². The zero-order valence-electron chi connectivity index (χ0n) is 16.1. The lowest BCUT2D eigenvalue weighted by Crippen LogP contribution is -2.41. The minimum Gasteiger partial charge on any atom is -0.368 e. The Labute approximate surface area is 172 Å². The molecule has 2 aromatic heterocycles. The number of nitrogens with two attached hydrogens (primary N) is 1. The van der Waals surface area contributed by atoms with Crippen molar-refractivity contribution in [1.82, 2.24) is 15.2 Å². The average Bonchev–Trinajstić information content (AvgIpc) is 2.74. The van der Waals surface area contributed by atoms with Gasteiger partial charge in [-0.1, -0.05) is 6.42 Å². The number of nitriles is 1. The molecule has 8 heteroatoms. The number of aromatic nitrogens is 3. The van der Waals surface area contributed by atoms with E-state index in [2.05, 4.69) is 26.6 Å². The van der Waals surface area contributed by atoms with E-state index in [1.165, 1.54) is 18.2 Å². The summed E-state index contributed by atoms with van der Waals surface area (Å²) < 4.78 is 14.2. The van der Waals surface area contributed by atoms with E-state index in [1.807, 2.05) is 6.07 Å². The molecule has 0 saturated heterocycles. The molecular weight excluding hydrogens is 383 g/mol. The smallest absolute Gasteiger partial charge is 0.248 e. The lowest BCUT2D eigenvalue weighted by molar-refractivity contribution is 0.100. The third kappa shape index (κ3) is 3.70. The van der Waals surface area contributed by atoms with Crippen LogP contribution in [0.15, 0.2) is 48.7 Å². The molecule has 1 aliphatic rings. The summed E-state index contributed by atoms with van der Waals surface area (Å²) in [6, 6.07) is 12.9. The molecule has 30 heavy (non-hydrogen) atoms. The fourth-order valence-electron chi connectivity index (χ4n) is 3.62. The Morgan fingerprint density at radius 2 is 2.03 bits per heavy atom. The summed E-state index contributed by atoms with van der Waals surface area (Å²) >= 11 is 0. The molecule has 0 atom stereocenters. The van der Waals surface area contributed by atoms with Crippen LogP contribution in [0.5, 0.6) is 0 Å². The van der Waals surface area contributed by atoms with Gasteiger partial charge in [-0.05, 0) is 55.3 Å². The highest BCUT2D eigenvalue weighted by Gasteiger charge is 2.40. The Bertz CT molecular complexity index is 1140. The SMILES string of the molecule is N#Cc1ccnc(C2(CNc3ccc(-c4cc(C(N)=O)ccc4F)nn3)CCC2)c1. The number of amides is 1. The summed E-state index contributed by atoms with van der Waals surface area (Å²) in [5.74, 6) is -0.595. The van der Waals surface area contributed by atoms with Gasteiger partial charge < -0.3 is 11.1 Å². The van der Waals surface area contributed by atoms with Gasteiger partial charge >= 0.3 is 0 Å². The molecule has 0 aliphatic heterocycles. The molecule has 1 saturated carbocycles. The summed E-state index contributed by atoms with van der Waals surface area (Å²) in [5.41, 5.74) is 7.29. The maximum Gasteiger partial charge on any atom is 0.248 e. The molecule has 0 radical (unpaired) electrons. The van der Waals surface area contributed by atoms with Gasteiger partial charge in [0.25, 0.3) is 0 Å². The van der Waals surface area contributed by atoms with Crippen molar-refractivity contribution in [2.24, 2.45) is 5.73 Å². The number of anilines is 1. The summed E-state index contributed by atoms with van der Waals surface area (Å²) in [6.07, 6.45) is 4.70. The van der Waals surface area contributed by atoms with Crippen LogP contribution in [0, 0.1) is 17.1 Å². The average molecular weight is 402 g/mol. The van der Waals surface area contributed by atoms with Crippen LogP contribution in [0.2, 0.25) is 0 Å². The van der Waals surface area contributed by atoms with E-state index < -0.39 is 11.7 Å². The van der Waals surface area contributed by atoms with E-state index in [0.29, 0.717) is 23.6 Å². The fourth-order valence-corrected chi connectivity index (χ4v) is 3.62. The van der Waals surface area contributed by atoms with Crippen LogP contribution in [-0.4, -0.2) is 27.6 Å².